The molecule has 0 unspecified atom stereocenters. The predicted molar refractivity (Wildman–Crippen MR) is 81.3 cm³/mol. The van der Waals surface area contributed by atoms with Gasteiger partial charge in [-0.05, 0) is 12.5 Å². The van der Waals surface area contributed by atoms with Gasteiger partial charge >= 0.3 is 0 Å². The lowest BCUT2D eigenvalue weighted by molar-refractivity contribution is 0.108. The van der Waals surface area contributed by atoms with Crippen LogP contribution >= 0.6 is 0 Å². The zero-order valence-corrected chi connectivity index (χ0v) is 12.6. The number of hydrogen-bond donors (Lipinski definition) is 1. The van der Waals surface area contributed by atoms with Crippen LogP contribution in [0.15, 0.2) is 24.3 Å². The Morgan fingerprint density at radius 2 is 1.47 bits per heavy atom. The molecule has 0 radical (unpaired) electrons. The molecule has 108 valence electrons. The number of rotatable bonds is 4. The number of hydrogen-bond acceptors (Lipinski definition) is 3. The summed E-state index contributed by atoms with van der Waals surface area (Å²) in [6.07, 6.45) is 0. The van der Waals surface area contributed by atoms with Crippen LogP contribution in [0.3, 0.4) is 0 Å². The van der Waals surface area contributed by atoms with E-state index in [1.165, 1.54) is 11.1 Å². The van der Waals surface area contributed by atoms with Crippen molar-refractivity contribution in [1.82, 2.24) is 9.80 Å². The van der Waals surface area contributed by atoms with Crippen molar-refractivity contribution < 1.29 is 5.11 Å². The second-order valence-corrected chi connectivity index (χ2v) is 4.83. The minimum absolute atomic E-state index is 0.276. The largest absolute Gasteiger partial charge is 0.395 e. The van der Waals surface area contributed by atoms with E-state index in [0.29, 0.717) is 0 Å². The van der Waals surface area contributed by atoms with Crippen molar-refractivity contribution in [2.75, 3.05) is 39.3 Å². The van der Waals surface area contributed by atoms with E-state index in [9.17, 15) is 0 Å². The molecule has 3 nitrogen and oxygen atoms in total. The summed E-state index contributed by atoms with van der Waals surface area (Å²) in [6.45, 7) is 12.6. The summed E-state index contributed by atoms with van der Waals surface area (Å²) in [5, 5.41) is 8.89. The normalized spacial score (nSPS) is 16.8. The van der Waals surface area contributed by atoms with Crippen LogP contribution < -0.4 is 0 Å². The highest BCUT2D eigenvalue weighted by molar-refractivity contribution is 5.21. The maximum absolute atomic E-state index is 8.89. The van der Waals surface area contributed by atoms with Crippen LogP contribution in [0.2, 0.25) is 0 Å². The number of aryl methyl sites for hydroxylation is 1. The van der Waals surface area contributed by atoms with Gasteiger partial charge in [0.2, 0.25) is 0 Å². The van der Waals surface area contributed by atoms with Gasteiger partial charge in [0.1, 0.15) is 0 Å². The maximum atomic E-state index is 8.89. The smallest absolute Gasteiger partial charge is 0.0558 e. The Hall–Kier alpha value is -0.900. The van der Waals surface area contributed by atoms with Gasteiger partial charge in [-0.2, -0.15) is 0 Å². The fourth-order valence-corrected chi connectivity index (χ4v) is 2.26. The molecule has 0 spiro atoms. The number of piperazine rings is 1. The number of aliphatic hydroxyl groups is 1. The number of aliphatic hydroxyl groups excluding tert-OH is 1. The van der Waals surface area contributed by atoms with Crippen molar-refractivity contribution in [2.45, 2.75) is 27.3 Å². The zero-order valence-electron chi connectivity index (χ0n) is 12.6. The third-order valence-corrected chi connectivity index (χ3v) is 3.41. The van der Waals surface area contributed by atoms with E-state index in [2.05, 4.69) is 41.0 Å². The van der Waals surface area contributed by atoms with Crippen LogP contribution in [0.1, 0.15) is 25.0 Å². The van der Waals surface area contributed by atoms with E-state index in [1.807, 2.05) is 13.8 Å². The second kappa shape index (κ2) is 9.08. The van der Waals surface area contributed by atoms with Crippen LogP contribution in [-0.2, 0) is 6.54 Å². The van der Waals surface area contributed by atoms with E-state index in [0.717, 1.165) is 39.3 Å². The topological polar surface area (TPSA) is 26.7 Å². The van der Waals surface area contributed by atoms with Gasteiger partial charge in [-0.25, -0.2) is 0 Å². The summed E-state index contributed by atoms with van der Waals surface area (Å²) in [6, 6.07) is 8.79. The Kier molecular flexibility index (Phi) is 7.72. The van der Waals surface area contributed by atoms with Gasteiger partial charge in [0.25, 0.3) is 0 Å². The monoisotopic (exact) mass is 264 g/mol. The fourth-order valence-electron chi connectivity index (χ4n) is 2.26. The molecule has 1 aromatic carbocycles. The molecular weight excluding hydrogens is 236 g/mol. The van der Waals surface area contributed by atoms with Gasteiger partial charge in [-0.15, -0.1) is 0 Å². The average molecular weight is 264 g/mol. The molecule has 1 N–H and O–H groups in total. The van der Waals surface area contributed by atoms with Crippen LogP contribution in [0, 0.1) is 6.92 Å². The van der Waals surface area contributed by atoms with E-state index in [4.69, 9.17) is 5.11 Å². The Bertz CT molecular complexity index is 329. The molecule has 2 rings (SSSR count). The quantitative estimate of drug-likeness (QED) is 0.902. The molecule has 1 fully saturated rings. The van der Waals surface area contributed by atoms with E-state index >= 15 is 0 Å². The summed E-state index contributed by atoms with van der Waals surface area (Å²) in [5.41, 5.74) is 2.72. The highest BCUT2D eigenvalue weighted by atomic mass is 16.3. The molecule has 1 aromatic rings. The van der Waals surface area contributed by atoms with Crippen molar-refractivity contribution >= 4 is 0 Å². The number of nitrogens with zero attached hydrogens (tertiary/aromatic N) is 2. The Morgan fingerprint density at radius 1 is 0.947 bits per heavy atom. The van der Waals surface area contributed by atoms with Gasteiger partial charge in [0.15, 0.2) is 0 Å². The first-order chi connectivity index (χ1) is 9.28. The maximum Gasteiger partial charge on any atom is 0.0558 e. The van der Waals surface area contributed by atoms with Crippen LogP contribution in [-0.4, -0.2) is 54.2 Å². The van der Waals surface area contributed by atoms with Crippen molar-refractivity contribution in [3.63, 3.8) is 0 Å². The first kappa shape index (κ1) is 16.2. The van der Waals surface area contributed by atoms with Crippen LogP contribution in [0.5, 0.6) is 0 Å². The highest BCUT2D eigenvalue weighted by Crippen LogP contribution is 2.09. The third kappa shape index (κ3) is 5.72. The lowest BCUT2D eigenvalue weighted by Gasteiger charge is -2.34. The van der Waals surface area contributed by atoms with Gasteiger partial charge < -0.3 is 5.11 Å². The molecule has 3 heteroatoms. The molecule has 0 amide bonds. The summed E-state index contributed by atoms with van der Waals surface area (Å²) in [5.74, 6) is 0. The predicted octanol–water partition coefficient (Wildman–Crippen LogP) is 2.13. The van der Waals surface area contributed by atoms with E-state index in [1.54, 1.807) is 0 Å². The molecule has 19 heavy (non-hydrogen) atoms. The van der Waals surface area contributed by atoms with E-state index < -0.39 is 0 Å². The van der Waals surface area contributed by atoms with Crippen molar-refractivity contribution in [1.29, 1.82) is 0 Å². The Balaban J connectivity index is 0.000000861. The minimum atomic E-state index is 0.276. The summed E-state index contributed by atoms with van der Waals surface area (Å²) in [4.78, 5) is 4.81. The van der Waals surface area contributed by atoms with Gasteiger partial charge in [-0.3, -0.25) is 9.80 Å². The summed E-state index contributed by atoms with van der Waals surface area (Å²) < 4.78 is 0. The van der Waals surface area contributed by atoms with Gasteiger partial charge in [0, 0.05) is 39.3 Å². The average Bonchev–Trinajstić information content (AvgIpc) is 2.46. The molecule has 1 aliphatic heterocycles. The first-order valence-corrected chi connectivity index (χ1v) is 7.39. The zero-order chi connectivity index (χ0) is 14.1. The summed E-state index contributed by atoms with van der Waals surface area (Å²) >= 11 is 0. The Morgan fingerprint density at radius 3 is 2.00 bits per heavy atom. The van der Waals surface area contributed by atoms with Crippen LogP contribution in [0.4, 0.5) is 0 Å². The van der Waals surface area contributed by atoms with E-state index in [-0.39, 0.29) is 6.61 Å². The second-order valence-electron chi connectivity index (χ2n) is 4.83. The van der Waals surface area contributed by atoms with Crippen molar-refractivity contribution in [3.8, 4) is 0 Å². The van der Waals surface area contributed by atoms with Gasteiger partial charge in [0.05, 0.1) is 6.61 Å². The van der Waals surface area contributed by atoms with Crippen molar-refractivity contribution in [3.05, 3.63) is 35.4 Å². The van der Waals surface area contributed by atoms with Crippen molar-refractivity contribution in [2.24, 2.45) is 0 Å². The lowest BCUT2D eigenvalue weighted by Crippen LogP contribution is -2.46. The number of benzene rings is 1. The summed E-state index contributed by atoms with van der Waals surface area (Å²) in [7, 11) is 0. The molecular formula is C16H28N2O. The standard InChI is InChI=1S/C14H22N2O.C2H6/c1-13-2-4-14(5-3-13)12-16-8-6-15(7-9-16)10-11-17;1-2/h2-5,17H,6-12H2,1H3;1-2H3. The minimum Gasteiger partial charge on any atom is -0.395 e. The lowest BCUT2D eigenvalue weighted by atomic mass is 10.1. The molecule has 0 aliphatic carbocycles. The SMILES string of the molecule is CC.Cc1ccc(CN2CCN(CCO)CC2)cc1. The molecule has 0 aromatic heterocycles. The molecule has 1 heterocycles. The van der Waals surface area contributed by atoms with Gasteiger partial charge in [-0.1, -0.05) is 43.7 Å². The third-order valence-electron chi connectivity index (χ3n) is 3.41. The van der Waals surface area contributed by atoms with Crippen LogP contribution in [0.25, 0.3) is 0 Å². The molecule has 0 atom stereocenters. The molecule has 0 saturated carbocycles. The number of β-amino-alcohol motifs (C(OH)–C–C–N with tert-alkyl or cyclic N) is 1. The molecule has 0 bridgehead atoms. The molecule has 1 saturated heterocycles. The highest BCUT2D eigenvalue weighted by Gasteiger charge is 2.15. The Labute approximate surface area is 117 Å². The molecule has 1 aliphatic rings. The fraction of sp³-hybridized carbons (Fsp3) is 0.625. The first-order valence-electron chi connectivity index (χ1n) is 7.39.